The van der Waals surface area contributed by atoms with Crippen molar-refractivity contribution in [1.82, 2.24) is 4.72 Å². The van der Waals surface area contributed by atoms with Gasteiger partial charge in [-0.2, -0.15) is 13.2 Å². The van der Waals surface area contributed by atoms with Crippen LogP contribution in [0.25, 0.3) is 0 Å². The number of nitrogens with one attached hydrogen (secondary N) is 1. The average molecular weight is 315 g/mol. The van der Waals surface area contributed by atoms with Crippen LogP contribution in [0.1, 0.15) is 17.5 Å². The molecule has 0 saturated heterocycles. The van der Waals surface area contributed by atoms with Gasteiger partial charge in [0.25, 0.3) is 0 Å². The molecule has 0 bridgehead atoms. The number of aliphatic hydroxyl groups is 1. The van der Waals surface area contributed by atoms with E-state index in [1.807, 2.05) is 0 Å². The zero-order valence-electron chi connectivity index (χ0n) is 10.5. The summed E-state index contributed by atoms with van der Waals surface area (Å²) in [5.41, 5.74) is -0.256. The van der Waals surface area contributed by atoms with Gasteiger partial charge in [-0.15, -0.1) is 0 Å². The van der Waals surface area contributed by atoms with Crippen molar-refractivity contribution in [2.24, 2.45) is 0 Å². The van der Waals surface area contributed by atoms with Crippen LogP contribution in [-0.4, -0.2) is 26.2 Å². The van der Waals surface area contributed by atoms with Crippen LogP contribution >= 0.6 is 0 Å². The molecule has 114 valence electrons. The first-order chi connectivity index (χ1) is 9.07. The Kier molecular flexibility index (Phi) is 5.11. The van der Waals surface area contributed by atoms with Gasteiger partial charge in [0.05, 0.1) is 17.9 Å². The van der Waals surface area contributed by atoms with Gasteiger partial charge in [0.1, 0.15) is 5.82 Å². The summed E-state index contributed by atoms with van der Waals surface area (Å²) in [7, 11) is -4.18. The summed E-state index contributed by atoms with van der Waals surface area (Å²) in [5.74, 6) is -0.748. The second-order valence-electron chi connectivity index (χ2n) is 4.13. The van der Waals surface area contributed by atoms with Gasteiger partial charge in [-0.05, 0) is 24.6 Å². The van der Waals surface area contributed by atoms with Crippen molar-refractivity contribution in [3.63, 3.8) is 0 Å². The van der Waals surface area contributed by atoms with Crippen LogP contribution in [-0.2, 0) is 16.6 Å². The summed E-state index contributed by atoms with van der Waals surface area (Å²) < 4.78 is 74.6. The number of aryl methyl sites for hydroxylation is 1. The molecular weight excluding hydrogens is 302 g/mol. The smallest absolute Gasteiger partial charge is 0.390 e. The van der Waals surface area contributed by atoms with Gasteiger partial charge < -0.3 is 5.11 Å². The minimum Gasteiger partial charge on any atom is -0.392 e. The quantitative estimate of drug-likeness (QED) is 0.815. The van der Waals surface area contributed by atoms with E-state index in [2.05, 4.69) is 0 Å². The average Bonchev–Trinajstić information content (AvgIpc) is 2.30. The molecule has 0 saturated carbocycles. The molecule has 4 nitrogen and oxygen atoms in total. The molecule has 1 aromatic rings. The van der Waals surface area contributed by atoms with Crippen molar-refractivity contribution >= 4 is 10.0 Å². The summed E-state index contributed by atoms with van der Waals surface area (Å²) in [6.07, 6.45) is -5.78. The number of halogens is 4. The van der Waals surface area contributed by atoms with Crippen LogP contribution in [0, 0.1) is 12.7 Å². The molecule has 0 spiro atoms. The van der Waals surface area contributed by atoms with Crippen molar-refractivity contribution < 1.29 is 31.1 Å². The predicted octanol–water partition coefficient (Wildman–Crippen LogP) is 1.86. The number of benzene rings is 1. The summed E-state index contributed by atoms with van der Waals surface area (Å²) >= 11 is 0. The standard InChI is InChI=1S/C11H13F4NO3S/c1-7-4-9(5-8(6-17)10(7)12)20(18,19)16-3-2-11(13,14)15/h4-5,16-17H,2-3,6H2,1H3. The van der Waals surface area contributed by atoms with E-state index in [0.717, 1.165) is 12.1 Å². The molecule has 1 aromatic carbocycles. The lowest BCUT2D eigenvalue weighted by Crippen LogP contribution is -2.28. The van der Waals surface area contributed by atoms with Crippen LogP contribution in [0.2, 0.25) is 0 Å². The fourth-order valence-corrected chi connectivity index (χ4v) is 2.65. The predicted molar refractivity (Wildman–Crippen MR) is 62.9 cm³/mol. The van der Waals surface area contributed by atoms with Gasteiger partial charge in [-0.25, -0.2) is 17.5 Å². The third kappa shape index (κ3) is 4.43. The normalized spacial score (nSPS) is 12.7. The molecule has 0 unspecified atom stereocenters. The van der Waals surface area contributed by atoms with E-state index in [9.17, 15) is 26.0 Å². The number of sulfonamides is 1. The van der Waals surface area contributed by atoms with Gasteiger partial charge in [0, 0.05) is 12.1 Å². The Hall–Kier alpha value is -1.19. The van der Waals surface area contributed by atoms with E-state index < -0.39 is 41.6 Å². The van der Waals surface area contributed by atoms with Gasteiger partial charge in [-0.3, -0.25) is 0 Å². The molecule has 0 amide bonds. The van der Waals surface area contributed by atoms with Gasteiger partial charge >= 0.3 is 6.18 Å². The molecule has 0 heterocycles. The molecule has 2 N–H and O–H groups in total. The maximum Gasteiger partial charge on any atom is 0.390 e. The Morgan fingerprint density at radius 2 is 1.90 bits per heavy atom. The highest BCUT2D eigenvalue weighted by molar-refractivity contribution is 7.89. The monoisotopic (exact) mass is 315 g/mol. The first-order valence-corrected chi connectivity index (χ1v) is 7.01. The SMILES string of the molecule is Cc1cc(S(=O)(=O)NCCC(F)(F)F)cc(CO)c1F. The fraction of sp³-hybridized carbons (Fsp3) is 0.455. The molecule has 0 aliphatic heterocycles. The van der Waals surface area contributed by atoms with Gasteiger partial charge in [0.15, 0.2) is 0 Å². The third-order valence-electron chi connectivity index (χ3n) is 2.48. The molecule has 20 heavy (non-hydrogen) atoms. The van der Waals surface area contributed by atoms with Gasteiger partial charge in [-0.1, -0.05) is 0 Å². The molecule has 9 heteroatoms. The lowest BCUT2D eigenvalue weighted by molar-refractivity contribution is -0.132. The lowest BCUT2D eigenvalue weighted by Gasteiger charge is -2.11. The maximum absolute atomic E-state index is 13.5. The molecule has 0 aliphatic carbocycles. The van der Waals surface area contributed by atoms with Crippen LogP contribution in [0.4, 0.5) is 17.6 Å². The van der Waals surface area contributed by atoms with E-state index in [1.54, 1.807) is 4.72 Å². The van der Waals surface area contributed by atoms with Gasteiger partial charge in [0.2, 0.25) is 10.0 Å². The van der Waals surface area contributed by atoms with E-state index in [-0.39, 0.29) is 16.0 Å². The van der Waals surface area contributed by atoms with Crippen molar-refractivity contribution in [3.8, 4) is 0 Å². The Bertz CT molecular complexity index is 584. The molecule has 0 aliphatic rings. The van der Waals surface area contributed by atoms with Crippen molar-refractivity contribution in [3.05, 3.63) is 29.1 Å². The fourth-order valence-electron chi connectivity index (χ4n) is 1.49. The number of hydrogen-bond donors (Lipinski definition) is 2. The zero-order chi connectivity index (χ0) is 15.6. The Labute approximate surface area is 113 Å². The van der Waals surface area contributed by atoms with Crippen molar-refractivity contribution in [2.45, 2.75) is 31.0 Å². The lowest BCUT2D eigenvalue weighted by atomic mass is 10.1. The molecule has 0 atom stereocenters. The maximum atomic E-state index is 13.5. The summed E-state index contributed by atoms with van der Waals surface area (Å²) in [6.45, 7) is -0.224. The highest BCUT2D eigenvalue weighted by atomic mass is 32.2. The van der Waals surface area contributed by atoms with E-state index in [1.165, 1.54) is 6.92 Å². The van der Waals surface area contributed by atoms with Crippen LogP contribution in [0.15, 0.2) is 17.0 Å². The molecular formula is C11H13F4NO3S. The largest absolute Gasteiger partial charge is 0.392 e. The third-order valence-corrected chi connectivity index (χ3v) is 3.93. The topological polar surface area (TPSA) is 66.4 Å². The first kappa shape index (κ1) is 16.9. The van der Waals surface area contributed by atoms with E-state index in [0.29, 0.717) is 0 Å². The first-order valence-electron chi connectivity index (χ1n) is 5.53. The van der Waals surface area contributed by atoms with Crippen molar-refractivity contribution in [2.75, 3.05) is 6.54 Å². The summed E-state index contributed by atoms with van der Waals surface area (Å²) in [5, 5.41) is 8.91. The van der Waals surface area contributed by atoms with Crippen molar-refractivity contribution in [1.29, 1.82) is 0 Å². The van der Waals surface area contributed by atoms with E-state index >= 15 is 0 Å². The summed E-state index contributed by atoms with van der Waals surface area (Å²) in [4.78, 5) is -0.386. The number of rotatable bonds is 5. The molecule has 1 rings (SSSR count). The molecule has 0 fully saturated rings. The second-order valence-corrected chi connectivity index (χ2v) is 5.90. The van der Waals surface area contributed by atoms with Crippen LogP contribution in [0.3, 0.4) is 0 Å². The molecule has 0 radical (unpaired) electrons. The number of alkyl halides is 3. The van der Waals surface area contributed by atoms with Crippen LogP contribution < -0.4 is 4.72 Å². The minimum absolute atomic E-state index is 0.0206. The second kappa shape index (κ2) is 6.06. The molecule has 0 aromatic heterocycles. The Morgan fingerprint density at radius 3 is 2.40 bits per heavy atom. The summed E-state index contributed by atoms with van der Waals surface area (Å²) in [6, 6.07) is 1.88. The van der Waals surface area contributed by atoms with Crippen LogP contribution in [0.5, 0.6) is 0 Å². The highest BCUT2D eigenvalue weighted by Gasteiger charge is 2.27. The van der Waals surface area contributed by atoms with E-state index in [4.69, 9.17) is 5.11 Å². The minimum atomic E-state index is -4.47. The number of hydrogen-bond acceptors (Lipinski definition) is 3. The Balaban J connectivity index is 2.96. The zero-order valence-corrected chi connectivity index (χ0v) is 11.3. The highest BCUT2D eigenvalue weighted by Crippen LogP contribution is 2.21. The Morgan fingerprint density at radius 1 is 1.30 bits per heavy atom. The number of aliphatic hydroxyl groups excluding tert-OH is 1.